The molecule has 4 aromatic rings. The van der Waals surface area contributed by atoms with Gasteiger partial charge in [0, 0.05) is 23.2 Å². The van der Waals surface area contributed by atoms with Crippen molar-refractivity contribution in [1.29, 1.82) is 0 Å². The van der Waals surface area contributed by atoms with E-state index in [1.807, 2.05) is 93.0 Å². The summed E-state index contributed by atoms with van der Waals surface area (Å²) in [6, 6.07) is 17.0. The Morgan fingerprint density at radius 3 is 2.59 bits per heavy atom. The number of carbonyl (C=O) groups is 1. The topological polar surface area (TPSA) is 76.9 Å². The average molecular weight is 493 g/mol. The third-order valence-corrected chi connectivity index (χ3v) is 6.20. The summed E-state index contributed by atoms with van der Waals surface area (Å²) < 4.78 is 13.1. The lowest BCUT2D eigenvalue weighted by Crippen LogP contribution is -2.11. The molecule has 0 saturated carbocycles. The highest BCUT2D eigenvalue weighted by Gasteiger charge is 2.16. The van der Waals surface area contributed by atoms with E-state index in [0.717, 1.165) is 51.0 Å². The van der Waals surface area contributed by atoms with Crippen LogP contribution in [0.25, 0.3) is 5.52 Å². The third-order valence-electron chi connectivity index (χ3n) is 6.20. The van der Waals surface area contributed by atoms with Gasteiger partial charge in [0.2, 0.25) is 0 Å². The first-order valence-electron chi connectivity index (χ1n) is 12.0. The highest BCUT2D eigenvalue weighted by atomic mass is 16.5. The molecule has 2 aromatic heterocycles. The van der Waals surface area contributed by atoms with Crippen molar-refractivity contribution >= 4 is 28.5 Å². The van der Waals surface area contributed by atoms with Gasteiger partial charge in [0.1, 0.15) is 11.5 Å². The van der Waals surface area contributed by atoms with Crippen molar-refractivity contribution in [3.63, 3.8) is 0 Å². The number of ether oxygens (including phenoxy) is 2. The number of fused-ring (bicyclic) bond motifs is 1. The fraction of sp³-hybridized carbons (Fsp3) is 0.133. The predicted octanol–water partition coefficient (Wildman–Crippen LogP) is 6.70. The normalized spacial score (nSPS) is 12.9. The molecule has 2 N–H and O–H groups in total. The smallest absolute Gasteiger partial charge is 0.255 e. The monoisotopic (exact) mass is 492 g/mol. The molecule has 1 amide bonds. The number of nitrogens with zero attached hydrogens (tertiary/aromatic N) is 2. The van der Waals surface area contributed by atoms with Gasteiger partial charge < -0.3 is 20.1 Å². The molecule has 0 aliphatic heterocycles. The van der Waals surface area contributed by atoms with Gasteiger partial charge in [-0.2, -0.15) is 5.10 Å². The molecule has 7 nitrogen and oxygen atoms in total. The van der Waals surface area contributed by atoms with E-state index in [2.05, 4.69) is 15.7 Å². The van der Waals surface area contributed by atoms with Crippen molar-refractivity contribution < 1.29 is 14.3 Å². The number of benzene rings is 2. The number of allylic oxidation sites excluding steroid dienone is 4. The number of hydrogen-bond acceptors (Lipinski definition) is 5. The summed E-state index contributed by atoms with van der Waals surface area (Å²) in [4.78, 5) is 12.7. The van der Waals surface area contributed by atoms with Crippen LogP contribution in [0, 0.1) is 13.8 Å². The van der Waals surface area contributed by atoms with Crippen LogP contribution >= 0.6 is 0 Å². The van der Waals surface area contributed by atoms with E-state index in [1.165, 1.54) is 0 Å². The van der Waals surface area contributed by atoms with E-state index in [-0.39, 0.29) is 5.91 Å². The van der Waals surface area contributed by atoms with Gasteiger partial charge in [0.15, 0.2) is 0 Å². The zero-order chi connectivity index (χ0) is 25.8. The van der Waals surface area contributed by atoms with Gasteiger partial charge in [-0.3, -0.25) is 4.79 Å². The van der Waals surface area contributed by atoms with E-state index in [9.17, 15) is 4.79 Å². The van der Waals surface area contributed by atoms with Crippen molar-refractivity contribution in [3.05, 3.63) is 120 Å². The molecule has 7 heteroatoms. The number of methoxy groups -OCH3 is 1. The summed E-state index contributed by atoms with van der Waals surface area (Å²) >= 11 is 0. The minimum atomic E-state index is -0.158. The van der Waals surface area contributed by atoms with Crippen LogP contribution in [0.15, 0.2) is 103 Å². The summed E-state index contributed by atoms with van der Waals surface area (Å²) in [5.74, 6) is 2.24. The number of hydrogen-bond donors (Lipinski definition) is 2. The van der Waals surface area contributed by atoms with Gasteiger partial charge in [-0.25, -0.2) is 4.52 Å². The maximum Gasteiger partial charge on any atom is 0.255 e. The van der Waals surface area contributed by atoms with Gasteiger partial charge in [-0.1, -0.05) is 24.3 Å². The zero-order valence-corrected chi connectivity index (χ0v) is 21.0. The second-order valence-electron chi connectivity index (χ2n) is 8.74. The molecule has 0 radical (unpaired) electrons. The third kappa shape index (κ3) is 5.26. The second kappa shape index (κ2) is 10.5. The van der Waals surface area contributed by atoms with Gasteiger partial charge >= 0.3 is 0 Å². The van der Waals surface area contributed by atoms with Crippen LogP contribution in [0.1, 0.15) is 27.9 Å². The molecule has 2 heterocycles. The van der Waals surface area contributed by atoms with Gasteiger partial charge in [0.05, 0.1) is 42.2 Å². The van der Waals surface area contributed by atoms with Crippen LogP contribution in [-0.4, -0.2) is 22.6 Å². The van der Waals surface area contributed by atoms with E-state index >= 15 is 0 Å². The van der Waals surface area contributed by atoms with Crippen molar-refractivity contribution in [2.45, 2.75) is 20.3 Å². The van der Waals surface area contributed by atoms with Crippen LogP contribution in [0.3, 0.4) is 0 Å². The van der Waals surface area contributed by atoms with Crippen LogP contribution in [0.5, 0.6) is 5.75 Å². The summed E-state index contributed by atoms with van der Waals surface area (Å²) in [6.45, 7) is 3.99. The maximum absolute atomic E-state index is 12.7. The van der Waals surface area contributed by atoms with Crippen molar-refractivity contribution in [2.24, 2.45) is 0 Å². The van der Waals surface area contributed by atoms with Gasteiger partial charge in [-0.15, -0.1) is 0 Å². The Kier molecular flexibility index (Phi) is 6.76. The quantitative estimate of drug-likeness (QED) is 0.300. The first kappa shape index (κ1) is 23.9. The number of aryl methyl sites for hydroxylation is 2. The molecule has 1 aliphatic rings. The molecule has 0 atom stereocenters. The lowest BCUT2D eigenvalue weighted by atomic mass is 10.1. The van der Waals surface area contributed by atoms with Crippen molar-refractivity contribution in [1.82, 2.24) is 9.61 Å². The minimum absolute atomic E-state index is 0.158. The van der Waals surface area contributed by atoms with E-state index in [4.69, 9.17) is 9.47 Å². The number of rotatable bonds is 7. The summed E-state index contributed by atoms with van der Waals surface area (Å²) in [7, 11) is 1.67. The lowest BCUT2D eigenvalue weighted by molar-refractivity contribution is 0.102. The second-order valence-corrected chi connectivity index (χ2v) is 8.74. The SMILES string of the molecule is COC1=CC=CC(Oc2ccc(Nc3c(C)cnn4cc(NC(=O)c5ccccc5)c(C)c34)cc2)=CC1. The zero-order valence-electron chi connectivity index (χ0n) is 21.0. The molecule has 37 heavy (non-hydrogen) atoms. The first-order chi connectivity index (χ1) is 18.0. The number of anilines is 3. The number of aromatic nitrogens is 2. The Morgan fingerprint density at radius 1 is 1.05 bits per heavy atom. The molecule has 0 saturated heterocycles. The number of nitrogens with one attached hydrogen (secondary N) is 2. The standard InChI is InChI=1S/C30H28N4O3/c1-20-18-31-34-19-27(33-30(35)22-8-5-4-6-9-22)21(2)29(34)28(20)32-23-12-14-26(15-13-23)37-25-11-7-10-24(36-3)16-17-25/h4-15,17-19,32H,16H2,1-3H3,(H,33,35). The van der Waals surface area contributed by atoms with Gasteiger partial charge in [-0.05, 0) is 74.0 Å². The lowest BCUT2D eigenvalue weighted by Gasteiger charge is -2.13. The molecule has 0 spiro atoms. The molecular weight excluding hydrogens is 464 g/mol. The highest BCUT2D eigenvalue weighted by Crippen LogP contribution is 2.33. The fourth-order valence-corrected chi connectivity index (χ4v) is 4.15. The molecular formula is C30H28N4O3. The largest absolute Gasteiger partial charge is 0.501 e. The predicted molar refractivity (Wildman–Crippen MR) is 146 cm³/mol. The van der Waals surface area contributed by atoms with Crippen molar-refractivity contribution in [3.8, 4) is 5.75 Å². The van der Waals surface area contributed by atoms with Crippen LogP contribution in [-0.2, 0) is 4.74 Å². The first-order valence-corrected chi connectivity index (χ1v) is 12.0. The van der Waals surface area contributed by atoms with Gasteiger partial charge in [0.25, 0.3) is 5.91 Å². The molecule has 0 fully saturated rings. The number of carbonyl (C=O) groups excluding carboxylic acids is 1. The molecule has 5 rings (SSSR count). The summed E-state index contributed by atoms with van der Waals surface area (Å²) in [5, 5.41) is 11.1. The average Bonchev–Trinajstić information content (AvgIpc) is 3.08. The Morgan fingerprint density at radius 2 is 1.84 bits per heavy atom. The molecule has 2 aromatic carbocycles. The Labute approximate surface area is 215 Å². The van der Waals surface area contributed by atoms with Crippen LogP contribution in [0.4, 0.5) is 17.1 Å². The van der Waals surface area contributed by atoms with Crippen molar-refractivity contribution in [2.75, 3.05) is 17.7 Å². The minimum Gasteiger partial charge on any atom is -0.501 e. The van der Waals surface area contributed by atoms with Crippen LogP contribution < -0.4 is 15.4 Å². The fourth-order valence-electron chi connectivity index (χ4n) is 4.15. The molecule has 0 bridgehead atoms. The maximum atomic E-state index is 12.7. The Bertz CT molecular complexity index is 1530. The summed E-state index contributed by atoms with van der Waals surface area (Å²) in [5.41, 5.74) is 5.98. The molecule has 0 unspecified atom stereocenters. The van der Waals surface area contributed by atoms with E-state index in [0.29, 0.717) is 12.0 Å². The Hall–Kier alpha value is -4.78. The van der Waals surface area contributed by atoms with Crippen LogP contribution in [0.2, 0.25) is 0 Å². The molecule has 1 aliphatic carbocycles. The van der Waals surface area contributed by atoms with E-state index in [1.54, 1.807) is 23.8 Å². The number of amides is 1. The molecule has 186 valence electrons. The summed E-state index contributed by atoms with van der Waals surface area (Å²) in [6.07, 6.45) is 12.1. The Balaban J connectivity index is 1.35. The van der Waals surface area contributed by atoms with E-state index < -0.39 is 0 Å². The highest BCUT2D eigenvalue weighted by molar-refractivity contribution is 6.05.